The fourth-order valence-corrected chi connectivity index (χ4v) is 2.82. The van der Waals surface area contributed by atoms with Gasteiger partial charge in [-0.05, 0) is 40.0 Å². The molecule has 0 saturated carbocycles. The van der Waals surface area contributed by atoms with E-state index in [2.05, 4.69) is 28.0 Å². The predicted molar refractivity (Wildman–Crippen MR) is 82.3 cm³/mol. The summed E-state index contributed by atoms with van der Waals surface area (Å²) in [7, 11) is 1.56. The van der Waals surface area contributed by atoms with Crippen molar-refractivity contribution in [3.63, 3.8) is 0 Å². The van der Waals surface area contributed by atoms with E-state index in [1.54, 1.807) is 36.2 Å². The lowest BCUT2D eigenvalue weighted by Gasteiger charge is -2.15. The van der Waals surface area contributed by atoms with E-state index in [0.29, 0.717) is 16.3 Å². The van der Waals surface area contributed by atoms with Crippen LogP contribution in [0.1, 0.15) is 30.7 Å². The van der Waals surface area contributed by atoms with Gasteiger partial charge < -0.3 is 9.84 Å². The van der Waals surface area contributed by atoms with Crippen molar-refractivity contribution in [1.29, 1.82) is 0 Å². The topological polar surface area (TPSA) is 47.3 Å². The van der Waals surface area contributed by atoms with Crippen molar-refractivity contribution in [2.24, 2.45) is 0 Å². The Kier molecular flexibility index (Phi) is 5.07. The summed E-state index contributed by atoms with van der Waals surface area (Å²) in [4.78, 5) is 0. The highest BCUT2D eigenvalue weighted by Crippen LogP contribution is 2.33. The van der Waals surface area contributed by atoms with Crippen molar-refractivity contribution in [2.75, 3.05) is 7.11 Å². The third kappa shape index (κ3) is 3.00. The SMILES string of the molecule is CCCn1ncc(Br)c1C(O)c1ccc(OC)c(Cl)c1. The molecule has 4 nitrogen and oxygen atoms in total. The first-order valence-electron chi connectivity index (χ1n) is 6.31. The maximum absolute atomic E-state index is 10.6. The first kappa shape index (κ1) is 15.4. The van der Waals surface area contributed by atoms with Crippen LogP contribution in [0, 0.1) is 0 Å². The molecule has 1 aromatic carbocycles. The van der Waals surface area contributed by atoms with Crippen LogP contribution in [-0.2, 0) is 6.54 Å². The average molecular weight is 360 g/mol. The molecule has 0 aliphatic rings. The number of hydrogen-bond donors (Lipinski definition) is 1. The Balaban J connectivity index is 2.38. The Morgan fingerprint density at radius 1 is 1.50 bits per heavy atom. The molecule has 0 fully saturated rings. The number of aliphatic hydroxyl groups excluding tert-OH is 1. The maximum Gasteiger partial charge on any atom is 0.137 e. The summed E-state index contributed by atoms with van der Waals surface area (Å²) in [5, 5.41) is 15.3. The second-order valence-corrected chi connectivity index (χ2v) is 5.66. The van der Waals surface area contributed by atoms with Crippen molar-refractivity contribution in [1.82, 2.24) is 9.78 Å². The zero-order valence-electron chi connectivity index (χ0n) is 11.3. The molecule has 1 atom stereocenters. The number of aryl methyl sites for hydroxylation is 1. The summed E-state index contributed by atoms with van der Waals surface area (Å²) in [6.07, 6.45) is 1.85. The quantitative estimate of drug-likeness (QED) is 0.883. The lowest BCUT2D eigenvalue weighted by atomic mass is 10.1. The van der Waals surface area contributed by atoms with Gasteiger partial charge in [0.1, 0.15) is 11.9 Å². The molecule has 0 saturated heterocycles. The van der Waals surface area contributed by atoms with Gasteiger partial charge >= 0.3 is 0 Å². The summed E-state index contributed by atoms with van der Waals surface area (Å²) in [6.45, 7) is 2.82. The Hall–Kier alpha value is -1.04. The number of aliphatic hydroxyl groups is 1. The fourth-order valence-electron chi connectivity index (χ4n) is 2.04. The van der Waals surface area contributed by atoms with Gasteiger partial charge in [0.2, 0.25) is 0 Å². The summed E-state index contributed by atoms with van der Waals surface area (Å²) in [5.74, 6) is 0.587. The number of benzene rings is 1. The highest BCUT2D eigenvalue weighted by Gasteiger charge is 2.20. The van der Waals surface area contributed by atoms with Gasteiger partial charge in [0.05, 0.1) is 28.5 Å². The number of methoxy groups -OCH3 is 1. The molecule has 2 aromatic rings. The van der Waals surface area contributed by atoms with Gasteiger partial charge in [-0.15, -0.1) is 0 Å². The molecule has 20 heavy (non-hydrogen) atoms. The van der Waals surface area contributed by atoms with Crippen molar-refractivity contribution >= 4 is 27.5 Å². The van der Waals surface area contributed by atoms with Crippen LogP contribution in [-0.4, -0.2) is 22.0 Å². The smallest absolute Gasteiger partial charge is 0.137 e. The van der Waals surface area contributed by atoms with Gasteiger partial charge in [-0.3, -0.25) is 4.68 Å². The third-order valence-corrected chi connectivity index (χ3v) is 3.93. The number of rotatable bonds is 5. The molecule has 1 unspecified atom stereocenters. The van der Waals surface area contributed by atoms with Crippen LogP contribution in [0.15, 0.2) is 28.9 Å². The van der Waals surface area contributed by atoms with E-state index in [9.17, 15) is 5.11 Å². The van der Waals surface area contributed by atoms with Gasteiger partial charge in [-0.25, -0.2) is 0 Å². The Morgan fingerprint density at radius 3 is 2.85 bits per heavy atom. The van der Waals surface area contributed by atoms with E-state index in [1.807, 2.05) is 0 Å². The summed E-state index contributed by atoms with van der Waals surface area (Å²) >= 11 is 9.54. The van der Waals surface area contributed by atoms with Gasteiger partial charge in [-0.1, -0.05) is 24.6 Å². The molecular weight excluding hydrogens is 344 g/mol. The van der Waals surface area contributed by atoms with Crippen LogP contribution in [0.25, 0.3) is 0 Å². The first-order chi connectivity index (χ1) is 9.58. The molecular formula is C14H16BrClN2O2. The molecule has 108 valence electrons. The zero-order valence-corrected chi connectivity index (χ0v) is 13.6. The fraction of sp³-hybridized carbons (Fsp3) is 0.357. The van der Waals surface area contributed by atoms with E-state index in [1.165, 1.54) is 0 Å². The van der Waals surface area contributed by atoms with Crippen molar-refractivity contribution in [3.05, 3.63) is 45.1 Å². The van der Waals surface area contributed by atoms with Crippen LogP contribution < -0.4 is 4.74 Å². The molecule has 0 aliphatic heterocycles. The monoisotopic (exact) mass is 358 g/mol. The van der Waals surface area contributed by atoms with E-state index in [0.717, 1.165) is 23.1 Å². The highest BCUT2D eigenvalue weighted by atomic mass is 79.9. The molecule has 0 spiro atoms. The Bertz CT molecular complexity index is 601. The number of hydrogen-bond acceptors (Lipinski definition) is 3. The Morgan fingerprint density at radius 2 is 2.25 bits per heavy atom. The van der Waals surface area contributed by atoms with Crippen LogP contribution in [0.3, 0.4) is 0 Å². The van der Waals surface area contributed by atoms with Gasteiger partial charge in [0.15, 0.2) is 0 Å². The van der Waals surface area contributed by atoms with Crippen LogP contribution in [0.4, 0.5) is 0 Å². The highest BCUT2D eigenvalue weighted by molar-refractivity contribution is 9.10. The maximum atomic E-state index is 10.6. The molecule has 6 heteroatoms. The molecule has 1 aromatic heterocycles. The standard InChI is InChI=1S/C14H16BrClN2O2/c1-3-6-18-13(10(15)8-17-18)14(19)9-4-5-12(20-2)11(16)7-9/h4-5,7-8,14,19H,3,6H2,1-2H3. The minimum Gasteiger partial charge on any atom is -0.495 e. The number of halogens is 2. The first-order valence-corrected chi connectivity index (χ1v) is 7.48. The van der Waals surface area contributed by atoms with Crippen LogP contribution in [0.5, 0.6) is 5.75 Å². The van der Waals surface area contributed by atoms with Gasteiger partial charge in [0.25, 0.3) is 0 Å². The molecule has 0 bridgehead atoms. The minimum absolute atomic E-state index is 0.474. The molecule has 1 heterocycles. The van der Waals surface area contributed by atoms with Crippen LogP contribution in [0.2, 0.25) is 5.02 Å². The minimum atomic E-state index is -0.790. The number of ether oxygens (including phenoxy) is 1. The van der Waals surface area contributed by atoms with Crippen molar-refractivity contribution in [3.8, 4) is 5.75 Å². The molecule has 0 amide bonds. The number of nitrogens with zero attached hydrogens (tertiary/aromatic N) is 2. The predicted octanol–water partition coefficient (Wildman–Crippen LogP) is 3.80. The average Bonchev–Trinajstić information content (AvgIpc) is 2.79. The largest absolute Gasteiger partial charge is 0.495 e. The van der Waals surface area contributed by atoms with E-state index in [-0.39, 0.29) is 0 Å². The van der Waals surface area contributed by atoms with E-state index in [4.69, 9.17) is 16.3 Å². The number of aromatic nitrogens is 2. The summed E-state index contributed by atoms with van der Waals surface area (Å²) in [6, 6.07) is 5.25. The third-order valence-electron chi connectivity index (χ3n) is 3.02. The van der Waals surface area contributed by atoms with E-state index >= 15 is 0 Å². The molecule has 0 radical (unpaired) electrons. The molecule has 2 rings (SSSR count). The summed E-state index contributed by atoms with van der Waals surface area (Å²) < 4.78 is 7.70. The molecule has 1 N–H and O–H groups in total. The van der Waals surface area contributed by atoms with Gasteiger partial charge in [-0.2, -0.15) is 5.10 Å². The van der Waals surface area contributed by atoms with Crippen molar-refractivity contribution in [2.45, 2.75) is 26.0 Å². The van der Waals surface area contributed by atoms with Crippen molar-refractivity contribution < 1.29 is 9.84 Å². The summed E-state index contributed by atoms with van der Waals surface area (Å²) in [5.41, 5.74) is 1.43. The van der Waals surface area contributed by atoms with E-state index < -0.39 is 6.10 Å². The normalized spacial score (nSPS) is 12.4. The van der Waals surface area contributed by atoms with Crippen LogP contribution >= 0.6 is 27.5 Å². The van der Waals surface area contributed by atoms with Gasteiger partial charge in [0, 0.05) is 6.54 Å². The lowest BCUT2D eigenvalue weighted by molar-refractivity contribution is 0.206. The Labute approximate surface area is 131 Å². The second kappa shape index (κ2) is 6.61. The zero-order chi connectivity index (χ0) is 14.7. The second-order valence-electron chi connectivity index (χ2n) is 4.40. The molecule has 0 aliphatic carbocycles. The lowest BCUT2D eigenvalue weighted by Crippen LogP contribution is -2.10.